The molecule has 194 valence electrons. The Balaban J connectivity index is 1.50. The number of aromatic nitrogens is 1. The minimum Gasteiger partial charge on any atom is -0.487 e. The first-order chi connectivity index (χ1) is 17.8. The number of amides is 2. The minimum atomic E-state index is -0.676. The summed E-state index contributed by atoms with van der Waals surface area (Å²) in [5, 5.41) is 2.63. The van der Waals surface area contributed by atoms with Crippen molar-refractivity contribution in [3.8, 4) is 5.75 Å². The molecule has 2 aliphatic rings. The predicted octanol–water partition coefficient (Wildman–Crippen LogP) is 1.96. The summed E-state index contributed by atoms with van der Waals surface area (Å²) in [4.78, 5) is 42.5. The highest BCUT2D eigenvalue weighted by Gasteiger charge is 2.31. The molecule has 0 spiro atoms. The fourth-order valence-electron chi connectivity index (χ4n) is 4.78. The van der Waals surface area contributed by atoms with Crippen molar-refractivity contribution < 1.29 is 18.7 Å². The van der Waals surface area contributed by atoms with Gasteiger partial charge in [-0.3, -0.25) is 25.2 Å². The van der Waals surface area contributed by atoms with Crippen LogP contribution in [-0.2, 0) is 0 Å². The summed E-state index contributed by atoms with van der Waals surface area (Å²) in [5.41, 5.74) is 6.25. The van der Waals surface area contributed by atoms with Crippen LogP contribution in [0.15, 0.2) is 41.3 Å². The van der Waals surface area contributed by atoms with E-state index >= 15 is 4.39 Å². The van der Waals surface area contributed by atoms with Crippen LogP contribution in [0.4, 0.5) is 15.8 Å². The Morgan fingerprint density at radius 1 is 1.11 bits per heavy atom. The van der Waals surface area contributed by atoms with Crippen molar-refractivity contribution in [2.75, 3.05) is 57.2 Å². The molecule has 0 aliphatic carbocycles. The summed E-state index contributed by atoms with van der Waals surface area (Å²) in [7, 11) is 3.55. The number of nitrogens with zero attached hydrogens (tertiary/aromatic N) is 3. The maximum absolute atomic E-state index is 15.5. The third-order valence-electron chi connectivity index (χ3n) is 6.88. The van der Waals surface area contributed by atoms with Crippen molar-refractivity contribution >= 4 is 34.1 Å². The summed E-state index contributed by atoms with van der Waals surface area (Å²) in [6, 6.07) is 7.58. The lowest BCUT2D eigenvalue weighted by Gasteiger charge is -2.37. The number of likely N-dealkylation sites (N-methyl/N-ethyl adjacent to an activating group) is 1. The van der Waals surface area contributed by atoms with Gasteiger partial charge in [0.2, 0.25) is 5.43 Å². The number of benzene rings is 2. The fraction of sp³-hybridized carbons (Fsp3) is 0.346. The number of ether oxygens (including phenoxy) is 1. The summed E-state index contributed by atoms with van der Waals surface area (Å²) < 4.78 is 23.3. The molecule has 3 aromatic rings. The Morgan fingerprint density at radius 2 is 1.86 bits per heavy atom. The lowest BCUT2D eigenvalue weighted by Crippen LogP contribution is -2.45. The molecule has 0 bridgehead atoms. The van der Waals surface area contributed by atoms with Crippen molar-refractivity contribution in [3.63, 3.8) is 0 Å². The van der Waals surface area contributed by atoms with Gasteiger partial charge in [-0.1, -0.05) is 6.07 Å². The van der Waals surface area contributed by atoms with Crippen LogP contribution in [0.5, 0.6) is 5.75 Å². The number of carbonyl (C=O) groups is 2. The minimum absolute atomic E-state index is 0.0891. The summed E-state index contributed by atoms with van der Waals surface area (Å²) in [6.07, 6.45) is 1.50. The second-order valence-corrected chi connectivity index (χ2v) is 9.40. The van der Waals surface area contributed by atoms with E-state index in [4.69, 9.17) is 4.74 Å². The lowest BCUT2D eigenvalue weighted by molar-refractivity contribution is 0.0955. The van der Waals surface area contributed by atoms with Crippen molar-refractivity contribution in [2.45, 2.75) is 13.0 Å². The van der Waals surface area contributed by atoms with Crippen LogP contribution >= 0.6 is 0 Å². The molecule has 1 atom stereocenters. The maximum Gasteiger partial charge on any atom is 0.275 e. The molecule has 2 aromatic carbocycles. The van der Waals surface area contributed by atoms with Gasteiger partial charge in [-0.05, 0) is 38.2 Å². The van der Waals surface area contributed by atoms with E-state index in [0.29, 0.717) is 41.3 Å². The second kappa shape index (κ2) is 9.74. The van der Waals surface area contributed by atoms with Crippen molar-refractivity contribution in [3.05, 3.63) is 63.7 Å². The molecule has 0 unspecified atom stereocenters. The van der Waals surface area contributed by atoms with Crippen molar-refractivity contribution in [1.29, 1.82) is 0 Å². The molecule has 10 nitrogen and oxygen atoms in total. The predicted molar refractivity (Wildman–Crippen MR) is 139 cm³/mol. The van der Waals surface area contributed by atoms with Gasteiger partial charge in [0, 0.05) is 45.0 Å². The molecular formula is C26H29FN6O4. The standard InChI is InChI=1S/C26H29FN6O4/c1-15-14-37-24-21-18(12-20(27)22(24)32-9-7-31(3)8-10-32)23(34)19(13-33(15)21)26(36)30-29-17-6-4-5-16(11-17)25(35)28-2/h4-6,11-13,15,29H,7-10,14H2,1-3H3,(H,28,35)(H,30,36)/t15-/m0/s1. The van der Waals surface area contributed by atoms with E-state index < -0.39 is 17.2 Å². The van der Waals surface area contributed by atoms with E-state index in [1.165, 1.54) is 19.3 Å². The van der Waals surface area contributed by atoms with Gasteiger partial charge < -0.3 is 24.4 Å². The van der Waals surface area contributed by atoms with E-state index in [1.807, 2.05) is 23.4 Å². The molecule has 1 fully saturated rings. The number of piperazine rings is 1. The van der Waals surface area contributed by atoms with Crippen LogP contribution in [-0.4, -0.2) is 68.2 Å². The molecule has 5 rings (SSSR count). The molecule has 0 radical (unpaired) electrons. The van der Waals surface area contributed by atoms with Crippen LogP contribution in [0.1, 0.15) is 33.7 Å². The molecule has 37 heavy (non-hydrogen) atoms. The SMILES string of the molecule is CNC(=O)c1cccc(NNC(=O)c2cn3c4c(c(N5CCN(C)CC5)c(F)cc4c2=O)OC[C@@H]3C)c1. The first-order valence-corrected chi connectivity index (χ1v) is 12.1. The van der Waals surface area contributed by atoms with E-state index in [2.05, 4.69) is 21.1 Å². The molecule has 3 N–H and O–H groups in total. The molecular weight excluding hydrogens is 479 g/mol. The van der Waals surface area contributed by atoms with Crippen LogP contribution in [0.3, 0.4) is 0 Å². The van der Waals surface area contributed by atoms with Gasteiger partial charge in [0.15, 0.2) is 11.6 Å². The van der Waals surface area contributed by atoms with E-state index in [1.54, 1.807) is 24.3 Å². The Bertz CT molecular complexity index is 1450. The zero-order valence-corrected chi connectivity index (χ0v) is 20.9. The molecule has 2 aliphatic heterocycles. The Kier molecular flexibility index (Phi) is 6.46. The van der Waals surface area contributed by atoms with Crippen LogP contribution in [0, 0.1) is 5.82 Å². The number of hydrazine groups is 1. The number of nitrogens with one attached hydrogen (secondary N) is 3. The third-order valence-corrected chi connectivity index (χ3v) is 6.88. The molecule has 1 saturated heterocycles. The van der Waals surface area contributed by atoms with Crippen LogP contribution in [0.2, 0.25) is 0 Å². The fourth-order valence-corrected chi connectivity index (χ4v) is 4.78. The van der Waals surface area contributed by atoms with Crippen LogP contribution < -0.4 is 31.2 Å². The van der Waals surface area contributed by atoms with Gasteiger partial charge >= 0.3 is 0 Å². The summed E-state index contributed by atoms with van der Waals surface area (Å²) in [5.74, 6) is -1.16. The third kappa shape index (κ3) is 4.46. The van der Waals surface area contributed by atoms with Gasteiger partial charge in [-0.15, -0.1) is 0 Å². The zero-order chi connectivity index (χ0) is 26.3. The number of pyridine rings is 1. The van der Waals surface area contributed by atoms with Crippen LogP contribution in [0.25, 0.3) is 10.9 Å². The quantitative estimate of drug-likeness (QED) is 0.452. The van der Waals surface area contributed by atoms with E-state index in [-0.39, 0.29) is 29.5 Å². The number of rotatable bonds is 5. The van der Waals surface area contributed by atoms with Gasteiger partial charge in [-0.2, -0.15) is 0 Å². The highest BCUT2D eigenvalue weighted by atomic mass is 19.1. The lowest BCUT2D eigenvalue weighted by atomic mass is 10.0. The van der Waals surface area contributed by atoms with Gasteiger partial charge in [0.05, 0.1) is 22.6 Å². The monoisotopic (exact) mass is 508 g/mol. The average Bonchev–Trinajstić information content (AvgIpc) is 2.90. The van der Waals surface area contributed by atoms with Crippen molar-refractivity contribution in [2.24, 2.45) is 0 Å². The first kappa shape index (κ1) is 24.6. The highest BCUT2D eigenvalue weighted by Crippen LogP contribution is 2.42. The van der Waals surface area contributed by atoms with E-state index in [0.717, 1.165) is 13.1 Å². The normalized spacial score (nSPS) is 17.3. The molecule has 3 heterocycles. The summed E-state index contributed by atoms with van der Waals surface area (Å²) in [6.45, 7) is 5.05. The molecule has 2 amide bonds. The first-order valence-electron chi connectivity index (χ1n) is 12.1. The van der Waals surface area contributed by atoms with E-state index in [9.17, 15) is 14.4 Å². The molecule has 0 saturated carbocycles. The summed E-state index contributed by atoms with van der Waals surface area (Å²) >= 11 is 0. The number of carbonyl (C=O) groups excluding carboxylic acids is 2. The zero-order valence-electron chi connectivity index (χ0n) is 20.9. The second-order valence-electron chi connectivity index (χ2n) is 9.40. The van der Waals surface area contributed by atoms with Gasteiger partial charge in [-0.25, -0.2) is 4.39 Å². The smallest absolute Gasteiger partial charge is 0.275 e. The Hall–Kier alpha value is -4.12. The number of hydrogen-bond acceptors (Lipinski definition) is 7. The topological polar surface area (TPSA) is 108 Å². The van der Waals surface area contributed by atoms with Gasteiger partial charge in [0.25, 0.3) is 11.8 Å². The molecule has 11 heteroatoms. The number of halogens is 1. The Labute approximate surface area is 213 Å². The average molecular weight is 509 g/mol. The van der Waals surface area contributed by atoms with Gasteiger partial charge in [0.1, 0.15) is 17.9 Å². The highest BCUT2D eigenvalue weighted by molar-refractivity contribution is 6.00. The number of hydrogen-bond donors (Lipinski definition) is 3. The molecule has 1 aromatic heterocycles. The number of anilines is 2. The largest absolute Gasteiger partial charge is 0.487 e. The Morgan fingerprint density at radius 3 is 2.59 bits per heavy atom. The maximum atomic E-state index is 15.5. The van der Waals surface area contributed by atoms with Crippen molar-refractivity contribution in [1.82, 2.24) is 20.2 Å².